The van der Waals surface area contributed by atoms with Crippen molar-refractivity contribution < 1.29 is 13.0 Å². The summed E-state index contributed by atoms with van der Waals surface area (Å²) in [6, 6.07) is 11.6. The van der Waals surface area contributed by atoms with Crippen molar-refractivity contribution in [2.24, 2.45) is 0 Å². The number of hydrogen-bond acceptors (Lipinski definition) is 4. The Morgan fingerprint density at radius 2 is 1.30 bits per heavy atom. The lowest BCUT2D eigenvalue weighted by atomic mass is 10.0. The largest absolute Gasteiger partial charge is 0.354 e. The minimum Gasteiger partial charge on any atom is -0.354 e. The summed E-state index contributed by atoms with van der Waals surface area (Å²) in [5.41, 5.74) is 2.23. The fourth-order valence-electron chi connectivity index (χ4n) is 4.04. The first kappa shape index (κ1) is 18.5. The maximum absolute atomic E-state index is 13.1. The van der Waals surface area contributed by atoms with E-state index >= 15 is 0 Å². The molecule has 30 heavy (non-hydrogen) atoms. The number of benzene rings is 3. The molecule has 5 aromatic rings. The standard InChI is InChI=1S/C22H16N2O5S/c1-10-3-5-12-16(7-10)23-17-8-15-18(9-14(17)20(12)25)24-19-13(21(15)26)6-4-11(2)22(19)30(27,28)29/h3-9H,1-2H3,(H,23,25)(H,24,26)(H,27,28,29). The van der Waals surface area contributed by atoms with Crippen molar-refractivity contribution in [2.45, 2.75) is 18.7 Å². The minimum atomic E-state index is -4.57. The second-order valence-corrected chi connectivity index (χ2v) is 8.87. The topological polar surface area (TPSA) is 120 Å². The maximum Gasteiger partial charge on any atom is 0.296 e. The van der Waals surface area contributed by atoms with Gasteiger partial charge < -0.3 is 9.97 Å². The van der Waals surface area contributed by atoms with Gasteiger partial charge in [0.1, 0.15) is 4.90 Å². The van der Waals surface area contributed by atoms with Crippen LogP contribution in [0.4, 0.5) is 0 Å². The van der Waals surface area contributed by atoms with Gasteiger partial charge in [-0.25, -0.2) is 0 Å². The molecule has 0 spiro atoms. The Labute approximate surface area is 169 Å². The van der Waals surface area contributed by atoms with Crippen molar-refractivity contribution in [1.82, 2.24) is 9.97 Å². The molecule has 2 heterocycles. The summed E-state index contributed by atoms with van der Waals surface area (Å²) in [5, 5.41) is 1.34. The minimum absolute atomic E-state index is 0.0159. The van der Waals surface area contributed by atoms with Crippen LogP contribution in [0.15, 0.2) is 56.9 Å². The molecule has 0 bridgehead atoms. The zero-order chi connectivity index (χ0) is 21.4. The fraction of sp³-hybridized carbons (Fsp3) is 0.0909. The van der Waals surface area contributed by atoms with E-state index in [0.29, 0.717) is 38.3 Å². The molecule has 2 aromatic heterocycles. The number of rotatable bonds is 1. The van der Waals surface area contributed by atoms with Crippen LogP contribution in [-0.2, 0) is 10.1 Å². The lowest BCUT2D eigenvalue weighted by Crippen LogP contribution is -2.11. The maximum atomic E-state index is 13.1. The fourth-order valence-corrected chi connectivity index (χ4v) is 4.94. The van der Waals surface area contributed by atoms with Crippen LogP contribution in [0.2, 0.25) is 0 Å². The predicted octanol–water partition coefficient (Wildman–Crippen LogP) is 3.54. The molecule has 3 aromatic carbocycles. The van der Waals surface area contributed by atoms with E-state index in [1.165, 1.54) is 19.1 Å². The molecule has 0 atom stereocenters. The molecule has 0 amide bonds. The number of aryl methyl sites for hydroxylation is 2. The highest BCUT2D eigenvalue weighted by Crippen LogP contribution is 2.27. The van der Waals surface area contributed by atoms with Gasteiger partial charge in [0, 0.05) is 27.1 Å². The van der Waals surface area contributed by atoms with Crippen molar-refractivity contribution in [2.75, 3.05) is 0 Å². The second kappa shape index (κ2) is 6.01. The Morgan fingerprint density at radius 3 is 1.97 bits per heavy atom. The van der Waals surface area contributed by atoms with Crippen molar-refractivity contribution in [3.63, 3.8) is 0 Å². The van der Waals surface area contributed by atoms with Gasteiger partial charge in [0.15, 0.2) is 10.9 Å². The van der Waals surface area contributed by atoms with Gasteiger partial charge >= 0.3 is 0 Å². The van der Waals surface area contributed by atoms with Crippen molar-refractivity contribution in [3.8, 4) is 0 Å². The summed E-state index contributed by atoms with van der Waals surface area (Å²) in [4.78, 5) is 32.0. The summed E-state index contributed by atoms with van der Waals surface area (Å²) < 4.78 is 33.6. The van der Waals surface area contributed by atoms with Gasteiger partial charge in [-0.1, -0.05) is 12.1 Å². The van der Waals surface area contributed by atoms with Crippen LogP contribution in [0.3, 0.4) is 0 Å². The molecule has 0 radical (unpaired) electrons. The van der Waals surface area contributed by atoms with Crippen LogP contribution in [0.25, 0.3) is 43.6 Å². The Hall–Kier alpha value is -3.49. The van der Waals surface area contributed by atoms with E-state index in [1.807, 2.05) is 19.1 Å². The molecule has 3 N–H and O–H groups in total. The zero-order valence-corrected chi connectivity index (χ0v) is 16.8. The van der Waals surface area contributed by atoms with E-state index in [4.69, 9.17) is 0 Å². The first-order chi connectivity index (χ1) is 14.1. The molecular weight excluding hydrogens is 404 g/mol. The first-order valence-corrected chi connectivity index (χ1v) is 10.6. The van der Waals surface area contributed by atoms with E-state index in [9.17, 15) is 22.6 Å². The smallest absolute Gasteiger partial charge is 0.296 e. The van der Waals surface area contributed by atoms with Gasteiger partial charge in [-0.3, -0.25) is 14.1 Å². The molecule has 8 heteroatoms. The molecule has 0 aliphatic heterocycles. The van der Waals surface area contributed by atoms with Crippen molar-refractivity contribution in [1.29, 1.82) is 0 Å². The monoisotopic (exact) mass is 420 g/mol. The summed E-state index contributed by atoms with van der Waals surface area (Å²) in [6.07, 6.45) is 0. The zero-order valence-electron chi connectivity index (χ0n) is 16.0. The SMILES string of the molecule is Cc1ccc2c(=O)c3cc4[nH]c5c(S(=O)(=O)O)c(C)ccc5c(=O)c4cc3[nH]c2c1. The van der Waals surface area contributed by atoms with Gasteiger partial charge in [0.2, 0.25) is 0 Å². The number of aromatic amines is 2. The number of aromatic nitrogens is 2. The summed E-state index contributed by atoms with van der Waals surface area (Å²) in [6.45, 7) is 3.46. The third kappa shape index (κ3) is 2.58. The third-order valence-electron chi connectivity index (χ3n) is 5.45. The average molecular weight is 420 g/mol. The molecule has 5 rings (SSSR count). The van der Waals surface area contributed by atoms with E-state index in [-0.39, 0.29) is 21.2 Å². The Bertz CT molecular complexity index is 1780. The Morgan fingerprint density at radius 1 is 0.733 bits per heavy atom. The molecule has 0 unspecified atom stereocenters. The Kier molecular flexibility index (Phi) is 3.71. The number of H-pyrrole nitrogens is 2. The molecule has 0 fully saturated rings. The third-order valence-corrected chi connectivity index (χ3v) is 6.49. The lowest BCUT2D eigenvalue weighted by Gasteiger charge is -2.10. The molecule has 0 aliphatic rings. The lowest BCUT2D eigenvalue weighted by molar-refractivity contribution is 0.483. The van der Waals surface area contributed by atoms with Gasteiger partial charge in [0.25, 0.3) is 10.1 Å². The molecule has 0 saturated carbocycles. The normalized spacial score (nSPS) is 12.4. The molecule has 7 nitrogen and oxygen atoms in total. The summed E-state index contributed by atoms with van der Waals surface area (Å²) in [5.74, 6) is 0. The molecule has 0 aliphatic carbocycles. The predicted molar refractivity (Wildman–Crippen MR) is 117 cm³/mol. The average Bonchev–Trinajstić information content (AvgIpc) is 2.66. The highest BCUT2D eigenvalue weighted by atomic mass is 32.2. The number of pyridine rings is 2. The van der Waals surface area contributed by atoms with E-state index in [0.717, 1.165) is 5.56 Å². The highest BCUT2D eigenvalue weighted by Gasteiger charge is 2.20. The van der Waals surface area contributed by atoms with Gasteiger partial charge in [0.05, 0.1) is 16.6 Å². The van der Waals surface area contributed by atoms with Crippen molar-refractivity contribution >= 4 is 53.7 Å². The summed E-state index contributed by atoms with van der Waals surface area (Å²) in [7, 11) is -4.57. The van der Waals surface area contributed by atoms with Crippen molar-refractivity contribution in [3.05, 3.63) is 74.0 Å². The van der Waals surface area contributed by atoms with Crippen LogP contribution < -0.4 is 10.9 Å². The van der Waals surface area contributed by atoms with Gasteiger partial charge in [-0.05, 0) is 55.3 Å². The van der Waals surface area contributed by atoms with E-state index in [2.05, 4.69) is 9.97 Å². The molecule has 150 valence electrons. The Balaban J connectivity index is 2.01. The first-order valence-electron chi connectivity index (χ1n) is 9.18. The van der Waals surface area contributed by atoms with Crippen LogP contribution in [0.5, 0.6) is 0 Å². The summed E-state index contributed by atoms with van der Waals surface area (Å²) >= 11 is 0. The number of nitrogens with one attached hydrogen (secondary N) is 2. The number of fused-ring (bicyclic) bond motifs is 4. The highest BCUT2D eigenvalue weighted by molar-refractivity contribution is 7.86. The van der Waals surface area contributed by atoms with Crippen LogP contribution in [0, 0.1) is 13.8 Å². The quantitative estimate of drug-likeness (QED) is 0.283. The van der Waals surface area contributed by atoms with Gasteiger partial charge in [-0.15, -0.1) is 0 Å². The molecular formula is C22H16N2O5S. The van der Waals surface area contributed by atoms with E-state index < -0.39 is 15.5 Å². The second-order valence-electron chi connectivity index (χ2n) is 7.51. The van der Waals surface area contributed by atoms with Crippen LogP contribution in [0.1, 0.15) is 11.1 Å². The van der Waals surface area contributed by atoms with E-state index in [1.54, 1.807) is 18.2 Å². The van der Waals surface area contributed by atoms with Gasteiger partial charge in [-0.2, -0.15) is 8.42 Å². The molecule has 0 saturated heterocycles. The van der Waals surface area contributed by atoms with Crippen LogP contribution in [-0.4, -0.2) is 22.9 Å². The number of hydrogen-bond donors (Lipinski definition) is 3. The van der Waals surface area contributed by atoms with Crippen LogP contribution >= 0.6 is 0 Å².